The summed E-state index contributed by atoms with van der Waals surface area (Å²) in [5, 5.41) is 0. The predicted octanol–water partition coefficient (Wildman–Crippen LogP) is 4.25. The summed E-state index contributed by atoms with van der Waals surface area (Å²) in [5.74, 6) is 0.195. The van der Waals surface area contributed by atoms with Crippen LogP contribution in [0.15, 0.2) is 48.5 Å². The fourth-order valence-electron chi connectivity index (χ4n) is 1.96. The average molecular weight is 224 g/mol. The molecule has 1 heteroatoms. The quantitative estimate of drug-likeness (QED) is 0.712. The van der Waals surface area contributed by atoms with Crippen molar-refractivity contribution in [3.8, 4) is 11.1 Å². The first kappa shape index (κ1) is 11.6. The van der Waals surface area contributed by atoms with Crippen molar-refractivity contribution >= 4 is 5.78 Å². The van der Waals surface area contributed by atoms with Gasteiger partial charge in [0.2, 0.25) is 0 Å². The zero-order valence-electron chi connectivity index (χ0n) is 10.2. The molecular formula is C16H16O. The van der Waals surface area contributed by atoms with Gasteiger partial charge in [-0.2, -0.15) is 0 Å². The predicted molar refractivity (Wildman–Crippen MR) is 71.2 cm³/mol. The number of aryl methyl sites for hydroxylation is 1. The van der Waals surface area contributed by atoms with Gasteiger partial charge in [-0.05, 0) is 29.7 Å². The largest absolute Gasteiger partial charge is 0.294 e. The third-order valence-electron chi connectivity index (χ3n) is 2.96. The van der Waals surface area contributed by atoms with Crippen LogP contribution in [0.3, 0.4) is 0 Å². The van der Waals surface area contributed by atoms with E-state index >= 15 is 0 Å². The molecule has 0 radical (unpaired) electrons. The van der Waals surface area contributed by atoms with Gasteiger partial charge in [-0.15, -0.1) is 0 Å². The topological polar surface area (TPSA) is 17.1 Å². The minimum Gasteiger partial charge on any atom is -0.294 e. The minimum atomic E-state index is 0.195. The van der Waals surface area contributed by atoms with E-state index in [4.69, 9.17) is 0 Å². The lowest BCUT2D eigenvalue weighted by atomic mass is 9.97. The molecular weight excluding hydrogens is 208 g/mol. The number of ketones is 1. The molecule has 0 saturated carbocycles. The SMILES string of the molecule is CCC(=O)c1cccc(-c2ccccc2C)c1. The number of carbonyl (C=O) groups is 1. The molecule has 0 aromatic heterocycles. The van der Waals surface area contributed by atoms with E-state index in [9.17, 15) is 4.79 Å². The Balaban J connectivity index is 2.47. The molecule has 0 atom stereocenters. The van der Waals surface area contributed by atoms with E-state index in [0.29, 0.717) is 6.42 Å². The highest BCUT2D eigenvalue weighted by Gasteiger charge is 2.06. The lowest BCUT2D eigenvalue weighted by Crippen LogP contribution is -1.96. The maximum atomic E-state index is 11.7. The molecule has 2 aromatic rings. The van der Waals surface area contributed by atoms with Crippen LogP contribution in [-0.4, -0.2) is 5.78 Å². The zero-order chi connectivity index (χ0) is 12.3. The molecule has 0 heterocycles. The third kappa shape index (κ3) is 2.44. The number of carbonyl (C=O) groups excluding carboxylic acids is 1. The molecule has 0 N–H and O–H groups in total. The summed E-state index contributed by atoms with van der Waals surface area (Å²) >= 11 is 0. The van der Waals surface area contributed by atoms with Gasteiger partial charge in [0.05, 0.1) is 0 Å². The average Bonchev–Trinajstić information content (AvgIpc) is 2.38. The van der Waals surface area contributed by atoms with Crippen LogP contribution in [0, 0.1) is 6.92 Å². The lowest BCUT2D eigenvalue weighted by molar-refractivity contribution is 0.0988. The molecule has 0 aliphatic rings. The van der Waals surface area contributed by atoms with E-state index < -0.39 is 0 Å². The molecule has 0 amide bonds. The third-order valence-corrected chi connectivity index (χ3v) is 2.96. The van der Waals surface area contributed by atoms with Crippen molar-refractivity contribution in [2.24, 2.45) is 0 Å². The second kappa shape index (κ2) is 4.96. The number of Topliss-reactive ketones (excluding diaryl/α,β-unsaturated/α-hetero) is 1. The first-order valence-corrected chi connectivity index (χ1v) is 5.91. The first-order chi connectivity index (χ1) is 8.22. The van der Waals surface area contributed by atoms with Gasteiger partial charge in [0.25, 0.3) is 0 Å². The summed E-state index contributed by atoms with van der Waals surface area (Å²) in [5.41, 5.74) is 4.34. The number of benzene rings is 2. The molecule has 2 rings (SSSR count). The van der Waals surface area contributed by atoms with E-state index in [1.54, 1.807) is 0 Å². The van der Waals surface area contributed by atoms with Gasteiger partial charge in [0.15, 0.2) is 5.78 Å². The monoisotopic (exact) mass is 224 g/mol. The van der Waals surface area contributed by atoms with Crippen LogP contribution in [-0.2, 0) is 0 Å². The zero-order valence-corrected chi connectivity index (χ0v) is 10.2. The summed E-state index contributed by atoms with van der Waals surface area (Å²) in [4.78, 5) is 11.7. The van der Waals surface area contributed by atoms with Crippen molar-refractivity contribution in [1.82, 2.24) is 0 Å². The van der Waals surface area contributed by atoms with Gasteiger partial charge in [-0.3, -0.25) is 4.79 Å². The van der Waals surface area contributed by atoms with Crippen LogP contribution >= 0.6 is 0 Å². The van der Waals surface area contributed by atoms with E-state index in [1.165, 1.54) is 11.1 Å². The summed E-state index contributed by atoms with van der Waals surface area (Å²) < 4.78 is 0. The Morgan fingerprint density at radius 1 is 1.06 bits per heavy atom. The Morgan fingerprint density at radius 2 is 1.82 bits per heavy atom. The van der Waals surface area contributed by atoms with Crippen LogP contribution in [0.2, 0.25) is 0 Å². The van der Waals surface area contributed by atoms with Gasteiger partial charge < -0.3 is 0 Å². The molecule has 0 bridgehead atoms. The maximum absolute atomic E-state index is 11.7. The Hall–Kier alpha value is -1.89. The summed E-state index contributed by atoms with van der Waals surface area (Å²) in [6.07, 6.45) is 0.553. The number of hydrogen-bond acceptors (Lipinski definition) is 1. The van der Waals surface area contributed by atoms with Gasteiger partial charge in [0.1, 0.15) is 0 Å². The van der Waals surface area contributed by atoms with E-state index in [0.717, 1.165) is 11.1 Å². The summed E-state index contributed by atoms with van der Waals surface area (Å²) in [7, 11) is 0. The van der Waals surface area contributed by atoms with Crippen LogP contribution in [0.1, 0.15) is 29.3 Å². The summed E-state index contributed by atoms with van der Waals surface area (Å²) in [6.45, 7) is 3.98. The summed E-state index contributed by atoms with van der Waals surface area (Å²) in [6, 6.07) is 16.1. The van der Waals surface area contributed by atoms with Gasteiger partial charge in [0, 0.05) is 12.0 Å². The molecule has 0 fully saturated rings. The van der Waals surface area contributed by atoms with E-state index in [-0.39, 0.29) is 5.78 Å². The van der Waals surface area contributed by atoms with Crippen LogP contribution in [0.25, 0.3) is 11.1 Å². The van der Waals surface area contributed by atoms with Crippen molar-refractivity contribution in [3.05, 3.63) is 59.7 Å². The molecule has 0 unspecified atom stereocenters. The molecule has 0 aliphatic heterocycles. The highest BCUT2D eigenvalue weighted by atomic mass is 16.1. The first-order valence-electron chi connectivity index (χ1n) is 5.91. The van der Waals surface area contributed by atoms with E-state index in [1.807, 2.05) is 37.3 Å². The minimum absolute atomic E-state index is 0.195. The van der Waals surface area contributed by atoms with Gasteiger partial charge >= 0.3 is 0 Å². The lowest BCUT2D eigenvalue weighted by Gasteiger charge is -2.07. The number of hydrogen-bond donors (Lipinski definition) is 0. The van der Waals surface area contributed by atoms with Crippen molar-refractivity contribution in [2.75, 3.05) is 0 Å². The Kier molecular flexibility index (Phi) is 3.38. The van der Waals surface area contributed by atoms with Crippen molar-refractivity contribution in [3.63, 3.8) is 0 Å². The fraction of sp³-hybridized carbons (Fsp3) is 0.188. The van der Waals surface area contributed by atoms with E-state index in [2.05, 4.69) is 25.1 Å². The van der Waals surface area contributed by atoms with Crippen LogP contribution < -0.4 is 0 Å². The fourth-order valence-corrected chi connectivity index (χ4v) is 1.96. The molecule has 2 aromatic carbocycles. The van der Waals surface area contributed by atoms with Crippen LogP contribution in [0.5, 0.6) is 0 Å². The Labute approximate surface area is 102 Å². The standard InChI is InChI=1S/C16H16O/c1-3-16(17)14-9-6-8-13(11-14)15-10-5-4-7-12(15)2/h4-11H,3H2,1-2H3. The van der Waals surface area contributed by atoms with Crippen molar-refractivity contribution in [2.45, 2.75) is 20.3 Å². The highest BCUT2D eigenvalue weighted by molar-refractivity contribution is 5.97. The maximum Gasteiger partial charge on any atom is 0.162 e. The second-order valence-corrected chi connectivity index (χ2v) is 4.17. The van der Waals surface area contributed by atoms with Gasteiger partial charge in [-0.25, -0.2) is 0 Å². The molecule has 1 nitrogen and oxygen atoms in total. The molecule has 17 heavy (non-hydrogen) atoms. The van der Waals surface area contributed by atoms with Gasteiger partial charge in [-0.1, -0.05) is 49.4 Å². The molecule has 0 aliphatic carbocycles. The smallest absolute Gasteiger partial charge is 0.162 e. The number of rotatable bonds is 3. The van der Waals surface area contributed by atoms with Crippen molar-refractivity contribution in [1.29, 1.82) is 0 Å². The normalized spacial score (nSPS) is 10.2. The molecule has 0 saturated heterocycles. The van der Waals surface area contributed by atoms with Crippen molar-refractivity contribution < 1.29 is 4.79 Å². The second-order valence-electron chi connectivity index (χ2n) is 4.17. The van der Waals surface area contributed by atoms with Crippen LogP contribution in [0.4, 0.5) is 0 Å². The highest BCUT2D eigenvalue weighted by Crippen LogP contribution is 2.24. The molecule has 86 valence electrons. The Morgan fingerprint density at radius 3 is 2.53 bits per heavy atom. The Bertz CT molecular complexity index is 541. The molecule has 0 spiro atoms.